The van der Waals surface area contributed by atoms with E-state index in [2.05, 4.69) is 21.9 Å². The Kier molecular flexibility index (Phi) is 2.53. The molecule has 0 unspecified atom stereocenters. The maximum Gasteiger partial charge on any atom is 0.235 e. The van der Waals surface area contributed by atoms with Crippen molar-refractivity contribution >= 4 is 0 Å². The Morgan fingerprint density at radius 1 is 1.14 bits per heavy atom. The highest BCUT2D eigenvalue weighted by atomic mass is 15.2. The molecule has 0 bridgehead atoms. The van der Waals surface area contributed by atoms with Crippen molar-refractivity contribution in [1.82, 2.24) is 19.5 Å². The lowest BCUT2D eigenvalue weighted by molar-refractivity contribution is 0.782. The molecule has 0 amide bonds. The molecule has 2 rings (SSSR count). The minimum atomic E-state index is 0.688. The predicted octanol–water partition coefficient (Wildman–Crippen LogP) is 1.61. The Labute approximate surface area is 82.7 Å². The van der Waals surface area contributed by atoms with E-state index in [1.807, 2.05) is 10.8 Å². The van der Waals surface area contributed by atoms with Crippen LogP contribution in [-0.4, -0.2) is 19.5 Å². The first-order valence-electron chi connectivity index (χ1n) is 4.71. The number of aromatic nitrogens is 4. The van der Waals surface area contributed by atoms with Crippen molar-refractivity contribution in [1.29, 1.82) is 0 Å². The van der Waals surface area contributed by atoms with Crippen LogP contribution in [-0.2, 0) is 6.42 Å². The molecule has 0 radical (unpaired) electrons. The summed E-state index contributed by atoms with van der Waals surface area (Å²) in [4.78, 5) is 12.6. The first-order valence-corrected chi connectivity index (χ1v) is 4.71. The highest BCUT2D eigenvalue weighted by Gasteiger charge is 2.04. The first-order chi connectivity index (χ1) is 6.92. The molecule has 2 heterocycles. The Morgan fingerprint density at radius 2 is 1.93 bits per heavy atom. The van der Waals surface area contributed by atoms with E-state index < -0.39 is 0 Å². The Hall–Kier alpha value is -1.71. The normalized spacial score (nSPS) is 10.4. The molecular weight excluding hydrogens is 176 g/mol. The summed E-state index contributed by atoms with van der Waals surface area (Å²) in [6.45, 7) is 2.13. The quantitative estimate of drug-likeness (QED) is 0.735. The molecule has 0 aromatic carbocycles. The van der Waals surface area contributed by atoms with Crippen molar-refractivity contribution in [2.24, 2.45) is 0 Å². The van der Waals surface area contributed by atoms with Gasteiger partial charge in [0.25, 0.3) is 0 Å². The molecular formula is C10H12N4. The molecule has 0 saturated carbocycles. The van der Waals surface area contributed by atoms with Crippen LogP contribution >= 0.6 is 0 Å². The van der Waals surface area contributed by atoms with Gasteiger partial charge in [-0.25, -0.2) is 15.0 Å². The summed E-state index contributed by atoms with van der Waals surface area (Å²) >= 11 is 0. The maximum absolute atomic E-state index is 4.27. The maximum atomic E-state index is 4.27. The summed E-state index contributed by atoms with van der Waals surface area (Å²) in [7, 11) is 0. The number of hydrogen-bond donors (Lipinski definition) is 0. The van der Waals surface area contributed by atoms with E-state index in [0.717, 1.165) is 18.7 Å². The summed E-state index contributed by atoms with van der Waals surface area (Å²) in [5.74, 6) is 1.70. The zero-order chi connectivity index (χ0) is 9.80. The fourth-order valence-electron chi connectivity index (χ4n) is 1.34. The second-order valence-corrected chi connectivity index (χ2v) is 3.01. The predicted molar refractivity (Wildman–Crippen MR) is 53.1 cm³/mol. The summed E-state index contributed by atoms with van der Waals surface area (Å²) < 4.78 is 1.92. The molecule has 0 spiro atoms. The molecule has 72 valence electrons. The van der Waals surface area contributed by atoms with Crippen LogP contribution in [0.2, 0.25) is 0 Å². The van der Waals surface area contributed by atoms with E-state index in [1.165, 1.54) is 0 Å². The Morgan fingerprint density at radius 3 is 2.64 bits per heavy atom. The fourth-order valence-corrected chi connectivity index (χ4v) is 1.34. The van der Waals surface area contributed by atoms with E-state index in [4.69, 9.17) is 0 Å². The summed E-state index contributed by atoms with van der Waals surface area (Å²) in [6, 6.07) is 1.81. The molecule has 14 heavy (non-hydrogen) atoms. The third-order valence-corrected chi connectivity index (χ3v) is 1.96. The van der Waals surface area contributed by atoms with E-state index >= 15 is 0 Å². The van der Waals surface area contributed by atoms with Crippen LogP contribution in [0.4, 0.5) is 0 Å². The molecule has 2 aromatic heterocycles. The molecule has 0 aliphatic carbocycles. The molecule has 0 aliphatic rings. The third-order valence-electron chi connectivity index (χ3n) is 1.96. The number of imidazole rings is 1. The van der Waals surface area contributed by atoms with E-state index in [0.29, 0.717) is 5.95 Å². The molecule has 4 heteroatoms. The van der Waals surface area contributed by atoms with Gasteiger partial charge in [-0.3, -0.25) is 4.57 Å². The van der Waals surface area contributed by atoms with Crippen molar-refractivity contribution in [3.8, 4) is 5.95 Å². The molecule has 0 fully saturated rings. The molecule has 0 saturated heterocycles. The van der Waals surface area contributed by atoms with Crippen LogP contribution in [0.15, 0.2) is 30.9 Å². The number of hydrogen-bond acceptors (Lipinski definition) is 3. The highest BCUT2D eigenvalue weighted by molar-refractivity contribution is 5.14. The second-order valence-electron chi connectivity index (χ2n) is 3.01. The van der Waals surface area contributed by atoms with Gasteiger partial charge in [0.1, 0.15) is 5.82 Å². The topological polar surface area (TPSA) is 43.6 Å². The monoisotopic (exact) mass is 188 g/mol. The lowest BCUT2D eigenvalue weighted by atomic mass is 10.3. The van der Waals surface area contributed by atoms with Crippen LogP contribution in [0.5, 0.6) is 0 Å². The van der Waals surface area contributed by atoms with Crippen LogP contribution in [0.3, 0.4) is 0 Å². The van der Waals surface area contributed by atoms with Gasteiger partial charge < -0.3 is 0 Å². The smallest absolute Gasteiger partial charge is 0.235 e. The van der Waals surface area contributed by atoms with Gasteiger partial charge in [0.2, 0.25) is 5.95 Å². The van der Waals surface area contributed by atoms with E-state index in [9.17, 15) is 0 Å². The van der Waals surface area contributed by atoms with Gasteiger partial charge in [0.15, 0.2) is 0 Å². The molecule has 0 N–H and O–H groups in total. The van der Waals surface area contributed by atoms with Crippen LogP contribution < -0.4 is 0 Å². The van der Waals surface area contributed by atoms with Gasteiger partial charge in [0.05, 0.1) is 0 Å². The molecule has 0 aliphatic heterocycles. The number of aryl methyl sites for hydroxylation is 1. The Bertz CT molecular complexity index is 394. The van der Waals surface area contributed by atoms with Crippen LogP contribution in [0.25, 0.3) is 5.95 Å². The van der Waals surface area contributed by atoms with Crippen LogP contribution in [0.1, 0.15) is 19.2 Å². The van der Waals surface area contributed by atoms with Crippen molar-refractivity contribution < 1.29 is 0 Å². The first kappa shape index (κ1) is 8.87. The summed E-state index contributed by atoms with van der Waals surface area (Å²) in [6.07, 6.45) is 9.16. The fraction of sp³-hybridized carbons (Fsp3) is 0.300. The highest BCUT2D eigenvalue weighted by Crippen LogP contribution is 2.06. The number of rotatable bonds is 3. The van der Waals surface area contributed by atoms with Gasteiger partial charge in [-0.2, -0.15) is 0 Å². The van der Waals surface area contributed by atoms with Crippen molar-refractivity contribution in [2.75, 3.05) is 0 Å². The molecule has 2 aromatic rings. The minimum absolute atomic E-state index is 0.688. The molecule has 4 nitrogen and oxygen atoms in total. The average Bonchev–Trinajstić information content (AvgIpc) is 2.68. The minimum Gasteiger partial charge on any atom is -0.272 e. The lowest BCUT2D eigenvalue weighted by Gasteiger charge is -2.03. The van der Waals surface area contributed by atoms with Crippen molar-refractivity contribution in [3.63, 3.8) is 0 Å². The Balaban J connectivity index is 2.37. The zero-order valence-corrected chi connectivity index (χ0v) is 8.09. The standard InChI is InChI=1S/C10H12N4/c1-2-4-9-11-7-8-14(9)10-12-5-3-6-13-10/h3,5-8H,2,4H2,1H3. The van der Waals surface area contributed by atoms with Gasteiger partial charge in [0, 0.05) is 31.2 Å². The van der Waals surface area contributed by atoms with Gasteiger partial charge in [-0.15, -0.1) is 0 Å². The largest absolute Gasteiger partial charge is 0.272 e. The van der Waals surface area contributed by atoms with Crippen molar-refractivity contribution in [3.05, 3.63) is 36.7 Å². The summed E-state index contributed by atoms with van der Waals surface area (Å²) in [5, 5.41) is 0. The van der Waals surface area contributed by atoms with Gasteiger partial charge >= 0.3 is 0 Å². The van der Waals surface area contributed by atoms with Crippen LogP contribution in [0, 0.1) is 0 Å². The second kappa shape index (κ2) is 4.00. The lowest BCUT2D eigenvalue weighted by Crippen LogP contribution is -2.03. The van der Waals surface area contributed by atoms with E-state index in [-0.39, 0.29) is 0 Å². The number of nitrogens with zero attached hydrogens (tertiary/aromatic N) is 4. The SMILES string of the molecule is CCCc1nccn1-c1ncccn1. The van der Waals surface area contributed by atoms with Crippen molar-refractivity contribution in [2.45, 2.75) is 19.8 Å². The molecule has 0 atom stereocenters. The van der Waals surface area contributed by atoms with E-state index in [1.54, 1.807) is 24.7 Å². The zero-order valence-electron chi connectivity index (χ0n) is 8.09. The third kappa shape index (κ3) is 1.64. The van der Waals surface area contributed by atoms with Gasteiger partial charge in [-0.05, 0) is 12.5 Å². The summed E-state index contributed by atoms with van der Waals surface area (Å²) in [5.41, 5.74) is 0. The van der Waals surface area contributed by atoms with Gasteiger partial charge in [-0.1, -0.05) is 6.92 Å². The average molecular weight is 188 g/mol.